The Labute approximate surface area is 481 Å². The predicted octanol–water partition coefficient (Wildman–Crippen LogP) is -14.3. The van der Waals surface area contributed by atoms with Gasteiger partial charge in [-0.15, -0.1) is 0 Å². The van der Waals surface area contributed by atoms with Crippen molar-refractivity contribution < 1.29 is 168 Å². The number of hydrogen-bond donors (Lipinski definition) is 22. The summed E-state index contributed by atoms with van der Waals surface area (Å²) in [5.74, 6) is -8.43. The van der Waals surface area contributed by atoms with E-state index in [0.29, 0.717) is 0 Å². The number of carboxylic acids is 1. The van der Waals surface area contributed by atoms with Gasteiger partial charge in [-0.3, -0.25) is 19.2 Å². The molecule has 1 unspecified atom stereocenters. The number of rotatable bonds is 23. The van der Waals surface area contributed by atoms with Crippen LogP contribution in [0.1, 0.15) is 34.1 Å². The van der Waals surface area contributed by atoms with Gasteiger partial charge in [-0.2, -0.15) is 0 Å². The van der Waals surface area contributed by atoms with Crippen molar-refractivity contribution in [2.75, 3.05) is 39.6 Å². The van der Waals surface area contributed by atoms with Crippen LogP contribution in [0, 0.1) is 0 Å². The highest BCUT2D eigenvalue weighted by Gasteiger charge is 2.60. The largest absolute Gasteiger partial charge is 0.477 e. The first-order chi connectivity index (χ1) is 40.0. The number of nitrogens with one attached hydrogen (secondary N) is 4. The molecule has 0 bridgehead atoms. The summed E-state index contributed by atoms with van der Waals surface area (Å²) in [5, 5.41) is 204. The first-order valence-corrected chi connectivity index (χ1v) is 26.7. The van der Waals surface area contributed by atoms with Gasteiger partial charge in [-0.1, -0.05) is 0 Å². The van der Waals surface area contributed by atoms with E-state index in [4.69, 9.17) is 52.1 Å². The highest BCUT2D eigenvalue weighted by molar-refractivity contribution is 5.77. The van der Waals surface area contributed by atoms with Crippen LogP contribution in [0.15, 0.2) is 0 Å². The van der Waals surface area contributed by atoms with E-state index in [1.807, 2.05) is 0 Å². The number of carbonyl (C=O) groups is 5. The van der Waals surface area contributed by atoms with E-state index in [1.165, 1.54) is 0 Å². The van der Waals surface area contributed by atoms with Crippen LogP contribution in [0.5, 0.6) is 0 Å². The number of aliphatic hydroxyl groups excluding tert-OH is 17. The Morgan fingerprint density at radius 3 is 1.34 bits per heavy atom. The van der Waals surface area contributed by atoms with Gasteiger partial charge in [0, 0.05) is 34.1 Å². The van der Waals surface area contributed by atoms with E-state index < -0.39 is 265 Å². The van der Waals surface area contributed by atoms with E-state index in [-0.39, 0.29) is 0 Å². The number of ether oxygens (including phenoxy) is 11. The molecule has 0 aromatic rings. The zero-order valence-corrected chi connectivity index (χ0v) is 45.9. The summed E-state index contributed by atoms with van der Waals surface area (Å²) in [5.41, 5.74) is 0. The topological polar surface area (TPSA) is 599 Å². The molecule has 6 rings (SSSR count). The lowest BCUT2D eigenvalue weighted by molar-refractivity contribution is -0.380. The quantitative estimate of drug-likeness (QED) is 0.0452. The third kappa shape index (κ3) is 15.8. The van der Waals surface area contributed by atoms with Crippen molar-refractivity contribution in [3.05, 3.63) is 0 Å². The Hall–Kier alpha value is -3.77. The fourth-order valence-electron chi connectivity index (χ4n) is 10.7. The van der Waals surface area contributed by atoms with E-state index in [1.54, 1.807) is 0 Å². The Morgan fingerprint density at radius 2 is 0.882 bits per heavy atom. The Morgan fingerprint density at radius 1 is 0.471 bits per heavy atom. The van der Waals surface area contributed by atoms with E-state index in [2.05, 4.69) is 21.3 Å². The van der Waals surface area contributed by atoms with Gasteiger partial charge in [-0.05, 0) is 0 Å². The van der Waals surface area contributed by atoms with Crippen molar-refractivity contribution >= 4 is 29.6 Å². The summed E-state index contributed by atoms with van der Waals surface area (Å²) in [4.78, 5) is 62.7. The lowest BCUT2D eigenvalue weighted by Crippen LogP contribution is -2.71. The maximum absolute atomic E-state index is 12.9. The molecule has 6 saturated heterocycles. The summed E-state index contributed by atoms with van der Waals surface area (Å²) < 4.78 is 63.3. The molecule has 31 atom stereocenters. The molecule has 6 aliphatic rings. The Kier molecular flexibility index (Phi) is 24.9. The molecule has 6 heterocycles. The van der Waals surface area contributed by atoms with Crippen LogP contribution in [0.2, 0.25) is 0 Å². The number of carbonyl (C=O) groups excluding carboxylic acids is 4. The summed E-state index contributed by atoms with van der Waals surface area (Å²) in [6.45, 7) is -2.39. The molecule has 6 fully saturated rings. The van der Waals surface area contributed by atoms with Gasteiger partial charge < -0.3 is 165 Å². The average molecular weight is 1240 g/mol. The van der Waals surface area contributed by atoms with Gasteiger partial charge in [-0.25, -0.2) is 4.79 Å². The van der Waals surface area contributed by atoms with Crippen molar-refractivity contribution in [1.29, 1.82) is 0 Å². The molecular weight excluding hydrogens is 1160 g/mol. The maximum atomic E-state index is 12.9. The number of aliphatic hydroxyl groups is 17. The number of amides is 4. The normalized spacial score (nSPS) is 45.0. The average Bonchev–Trinajstić information content (AvgIpc) is 1.36. The van der Waals surface area contributed by atoms with Gasteiger partial charge in [0.1, 0.15) is 140 Å². The van der Waals surface area contributed by atoms with Crippen molar-refractivity contribution in [3.8, 4) is 0 Å². The van der Waals surface area contributed by atoms with E-state index in [0.717, 1.165) is 27.7 Å². The lowest BCUT2D eigenvalue weighted by Gasteiger charge is -2.51. The number of hydrogen-bond acceptors (Lipinski definition) is 33. The van der Waals surface area contributed by atoms with Crippen LogP contribution in [-0.4, -0.2) is 351 Å². The second-order valence-electron chi connectivity index (χ2n) is 21.2. The third-order valence-corrected chi connectivity index (χ3v) is 15.0. The van der Waals surface area contributed by atoms with Gasteiger partial charge in [0.25, 0.3) is 5.79 Å². The smallest absolute Gasteiger partial charge is 0.364 e. The molecule has 0 radical (unpaired) electrons. The summed E-state index contributed by atoms with van der Waals surface area (Å²) >= 11 is 0. The minimum atomic E-state index is -3.01. The van der Waals surface area contributed by atoms with Crippen LogP contribution in [0.3, 0.4) is 0 Å². The minimum absolute atomic E-state index is 0.797. The molecule has 0 aliphatic carbocycles. The van der Waals surface area contributed by atoms with Crippen LogP contribution in [0.25, 0.3) is 0 Å². The maximum Gasteiger partial charge on any atom is 0.364 e. The first-order valence-electron chi connectivity index (χ1n) is 26.7. The molecule has 6 aliphatic heterocycles. The van der Waals surface area contributed by atoms with Crippen molar-refractivity contribution in [2.45, 2.75) is 224 Å². The summed E-state index contributed by atoms with van der Waals surface area (Å²) in [6.07, 6.45) is -52.4. The lowest BCUT2D eigenvalue weighted by atomic mass is 9.88. The number of aliphatic carboxylic acids is 1. The first kappa shape index (κ1) is 70.3. The minimum Gasteiger partial charge on any atom is -0.477 e. The molecule has 0 aromatic carbocycles. The van der Waals surface area contributed by atoms with E-state index >= 15 is 0 Å². The predicted molar refractivity (Wildman–Crippen MR) is 263 cm³/mol. The molecule has 4 amide bonds. The van der Waals surface area contributed by atoms with Crippen LogP contribution in [-0.2, 0) is 76.1 Å². The molecule has 85 heavy (non-hydrogen) atoms. The zero-order valence-electron chi connectivity index (χ0n) is 45.9. The molecular formula is C47H78N4O34. The van der Waals surface area contributed by atoms with Crippen LogP contribution >= 0.6 is 0 Å². The molecule has 38 heteroatoms. The SMILES string of the molecule is CC(=O)N[C@H]1[C@H](O[C@H]2[C@@H](O)[C@@H](CO)O[C@@H](O[C@H]3[C@H](O)[C@@H](NC(C)=O)[C@H](O[C@H]4[C@@H](O)[C@@H](CO[C@]5(C(=O)O)C[C@H](O)[C@@H](NC(C)=O)[C@H]([C@H](O)[C@H](O)CO)O5)OC(O)[C@@H]4NC(C)=O)O[C@@H]3CO)[C@@H]2O)O[C@H](CO)[C@@H](O[C@@H]2O[C@H](CO)[C@H](O)[C@H](O)[C@H]2O)[C@@H]1O. The zero-order chi connectivity index (χ0) is 63.3. The molecule has 0 aromatic heterocycles. The van der Waals surface area contributed by atoms with Gasteiger partial charge in [0.15, 0.2) is 31.5 Å². The highest BCUT2D eigenvalue weighted by Crippen LogP contribution is 2.38. The molecule has 0 saturated carbocycles. The number of carboxylic acid groups (broad SMARTS) is 1. The third-order valence-electron chi connectivity index (χ3n) is 15.0. The van der Waals surface area contributed by atoms with Crippen molar-refractivity contribution in [1.82, 2.24) is 21.3 Å². The van der Waals surface area contributed by atoms with Crippen molar-refractivity contribution in [3.63, 3.8) is 0 Å². The molecule has 490 valence electrons. The summed E-state index contributed by atoms with van der Waals surface area (Å²) in [7, 11) is 0. The molecule has 22 N–H and O–H groups in total. The monoisotopic (exact) mass is 1240 g/mol. The van der Waals surface area contributed by atoms with Gasteiger partial charge in [0.2, 0.25) is 23.6 Å². The Bertz CT molecular complexity index is 2210. The molecule has 38 nitrogen and oxygen atoms in total. The molecule has 0 spiro atoms. The van der Waals surface area contributed by atoms with Gasteiger partial charge >= 0.3 is 5.97 Å². The Balaban J connectivity index is 1.23. The van der Waals surface area contributed by atoms with Crippen LogP contribution in [0.4, 0.5) is 0 Å². The van der Waals surface area contributed by atoms with E-state index in [9.17, 15) is 116 Å². The fourth-order valence-corrected chi connectivity index (χ4v) is 10.7. The highest BCUT2D eigenvalue weighted by atomic mass is 16.8. The van der Waals surface area contributed by atoms with Gasteiger partial charge in [0.05, 0.1) is 51.8 Å². The van der Waals surface area contributed by atoms with Crippen molar-refractivity contribution in [2.24, 2.45) is 0 Å². The fraction of sp³-hybridized carbons (Fsp3) is 0.894. The standard InChI is InChI=1S/C47H78N4O34/c1-12(57)48-23-16(61)5-47(46(73)74,85-39(23)27(63)17(62)6-52)75-11-22-30(66)38(26(41(72)76-22)51-15(4)60)83-42-24(49-13(2)58)31(67)37(21(10-56)79-42)82-45-35(71)40(29(65)19(8-54)78-45)84-43-25(50-14(3)59)32(68)36(20(9-55)80-43)81-44-34(70)33(69)28(64)18(7-53)77-44/h16-45,52-56,61-72H,5-11H2,1-4H3,(H,48,57)(H,49,58)(H,50,59)(H,51,60)(H,73,74)/t16-,17+,18+,19+,20+,21+,22+,23+,24+,25+,26+,27+,28-,29-,30-,31+,32+,33-,34+,35+,36+,37+,38+,39+,40-,41?,42-,43-,44-,45-,47+/m0/s1. The second-order valence-corrected chi connectivity index (χ2v) is 21.2. The van der Waals surface area contributed by atoms with Crippen LogP contribution < -0.4 is 21.3 Å². The second kappa shape index (κ2) is 30.2. The summed E-state index contributed by atoms with van der Waals surface area (Å²) in [6, 6.07) is -7.07.